The molecule has 3 aromatic rings. The van der Waals surface area contributed by atoms with Gasteiger partial charge in [-0.15, -0.1) is 0 Å². The Morgan fingerprint density at radius 3 is 2.12 bits per heavy atom. The number of hydrogen-bond acceptors (Lipinski definition) is 8. The van der Waals surface area contributed by atoms with E-state index in [0.717, 1.165) is 18.3 Å². The van der Waals surface area contributed by atoms with E-state index in [1.807, 2.05) is 0 Å². The molecule has 172 valence electrons. The van der Waals surface area contributed by atoms with E-state index in [4.69, 9.17) is 9.47 Å². The Morgan fingerprint density at radius 2 is 1.36 bits per heavy atom. The smallest absolute Gasteiger partial charge is 0.486 e. The second-order valence-corrected chi connectivity index (χ2v) is 6.90. The minimum absolute atomic E-state index is 0.0132. The number of alkyl halides is 4. The first-order valence-corrected chi connectivity index (χ1v) is 9.44. The molecule has 0 bridgehead atoms. The van der Waals surface area contributed by atoms with Crippen LogP contribution in [0.15, 0.2) is 42.6 Å². The molecule has 33 heavy (non-hydrogen) atoms. The van der Waals surface area contributed by atoms with Gasteiger partial charge in [-0.3, -0.25) is 0 Å². The van der Waals surface area contributed by atoms with E-state index >= 15 is 0 Å². The van der Waals surface area contributed by atoms with Gasteiger partial charge in [-0.2, -0.15) is 22.5 Å². The van der Waals surface area contributed by atoms with Gasteiger partial charge in [0.05, 0.1) is 6.20 Å². The number of rotatable bonds is 4. The maximum Gasteiger partial charge on any atom is 0.507 e. The maximum absolute atomic E-state index is 14.3. The first-order valence-electron chi connectivity index (χ1n) is 9.44. The molecular formula is C20H13F5N4O4. The zero-order valence-corrected chi connectivity index (χ0v) is 16.4. The van der Waals surface area contributed by atoms with E-state index in [9.17, 15) is 22.0 Å². The highest BCUT2D eigenvalue weighted by Gasteiger charge is 2.65. The topological polar surface area (TPSA) is 86.8 Å². The lowest BCUT2D eigenvalue weighted by Crippen LogP contribution is -2.52. The molecule has 13 heteroatoms. The lowest BCUT2D eigenvalue weighted by molar-refractivity contribution is -0.391. The van der Waals surface area contributed by atoms with Crippen molar-refractivity contribution >= 4 is 23.1 Å². The van der Waals surface area contributed by atoms with Crippen LogP contribution in [-0.4, -0.2) is 35.4 Å². The molecule has 2 aliphatic rings. The van der Waals surface area contributed by atoms with Crippen molar-refractivity contribution < 1.29 is 40.9 Å². The molecule has 2 aliphatic heterocycles. The monoisotopic (exact) mass is 468 g/mol. The molecule has 1 aromatic heterocycles. The molecule has 0 amide bonds. The molecule has 3 heterocycles. The number of nitrogens with zero attached hydrogens (tertiary/aromatic N) is 2. The van der Waals surface area contributed by atoms with Crippen LogP contribution in [0, 0.1) is 5.82 Å². The summed E-state index contributed by atoms with van der Waals surface area (Å²) in [6.07, 6.45) is -8.82. The highest BCUT2D eigenvalue weighted by molar-refractivity contribution is 5.64. The van der Waals surface area contributed by atoms with Gasteiger partial charge in [0.1, 0.15) is 13.2 Å². The number of benzene rings is 2. The van der Waals surface area contributed by atoms with Crippen LogP contribution in [-0.2, 0) is 0 Å². The summed E-state index contributed by atoms with van der Waals surface area (Å²) >= 11 is 0. The van der Waals surface area contributed by atoms with E-state index in [0.29, 0.717) is 30.4 Å². The van der Waals surface area contributed by atoms with Gasteiger partial charge in [0.2, 0.25) is 5.95 Å². The average Bonchev–Trinajstić information content (AvgIpc) is 2.76. The largest absolute Gasteiger partial charge is 0.507 e. The van der Waals surface area contributed by atoms with Crippen LogP contribution in [0.3, 0.4) is 0 Å². The van der Waals surface area contributed by atoms with E-state index in [2.05, 4.69) is 30.1 Å². The van der Waals surface area contributed by atoms with Crippen LogP contribution >= 0.6 is 0 Å². The summed E-state index contributed by atoms with van der Waals surface area (Å²) in [4.78, 5) is 7.87. The van der Waals surface area contributed by atoms with Crippen LogP contribution in [0.1, 0.15) is 0 Å². The Labute approximate surface area is 182 Å². The lowest BCUT2D eigenvalue weighted by atomic mass is 10.2. The van der Waals surface area contributed by atoms with Crippen LogP contribution in [0.4, 0.5) is 45.1 Å². The zero-order valence-electron chi connectivity index (χ0n) is 16.4. The van der Waals surface area contributed by atoms with Gasteiger partial charge >= 0.3 is 12.2 Å². The molecule has 0 spiro atoms. The molecule has 0 saturated carbocycles. The van der Waals surface area contributed by atoms with Gasteiger partial charge in [-0.1, -0.05) is 0 Å². The van der Waals surface area contributed by atoms with Crippen molar-refractivity contribution in [2.24, 2.45) is 0 Å². The third-order valence-corrected chi connectivity index (χ3v) is 4.56. The number of aromatic nitrogens is 2. The van der Waals surface area contributed by atoms with Crippen molar-refractivity contribution in [1.82, 2.24) is 9.97 Å². The Bertz CT molecular complexity index is 1230. The molecule has 5 rings (SSSR count). The zero-order chi connectivity index (χ0) is 23.2. The SMILES string of the molecule is Fc1cnc(Nc2ccc3c(c2)OCCO3)nc1Nc1ccc2c(c1)OC(F)(F)C(F)(F)O2. The molecule has 8 nitrogen and oxygen atoms in total. The molecule has 2 aromatic carbocycles. The predicted molar refractivity (Wildman–Crippen MR) is 104 cm³/mol. The van der Waals surface area contributed by atoms with E-state index < -0.39 is 29.5 Å². The minimum Gasteiger partial charge on any atom is -0.486 e. The molecule has 0 saturated heterocycles. The van der Waals surface area contributed by atoms with Gasteiger partial charge in [0.25, 0.3) is 0 Å². The summed E-state index contributed by atoms with van der Waals surface area (Å²) in [7, 11) is 0. The number of halogens is 5. The Hall–Kier alpha value is -4.03. The molecule has 0 fully saturated rings. The number of nitrogens with one attached hydrogen (secondary N) is 2. The summed E-state index contributed by atoms with van der Waals surface area (Å²) in [6, 6.07) is 8.17. The number of ether oxygens (including phenoxy) is 4. The van der Waals surface area contributed by atoms with Crippen LogP contribution in [0.2, 0.25) is 0 Å². The fraction of sp³-hybridized carbons (Fsp3) is 0.200. The lowest BCUT2D eigenvalue weighted by Gasteiger charge is -2.31. The molecule has 2 N–H and O–H groups in total. The number of fused-ring (bicyclic) bond motifs is 2. The average molecular weight is 468 g/mol. The van der Waals surface area contributed by atoms with Crippen molar-refractivity contribution in [2.75, 3.05) is 23.8 Å². The maximum atomic E-state index is 14.3. The van der Waals surface area contributed by atoms with Gasteiger partial charge in [-0.05, 0) is 24.3 Å². The highest BCUT2D eigenvalue weighted by Crippen LogP contribution is 2.47. The normalized spacial score (nSPS) is 17.2. The molecule has 0 aliphatic carbocycles. The first kappa shape index (κ1) is 20.8. The van der Waals surface area contributed by atoms with E-state index in [-0.39, 0.29) is 17.5 Å². The van der Waals surface area contributed by atoms with Gasteiger partial charge in [-0.25, -0.2) is 9.37 Å². The summed E-state index contributed by atoms with van der Waals surface area (Å²) in [5, 5.41) is 5.45. The van der Waals surface area contributed by atoms with Crippen molar-refractivity contribution in [3.8, 4) is 23.0 Å². The summed E-state index contributed by atoms with van der Waals surface area (Å²) in [5.41, 5.74) is 0.570. The van der Waals surface area contributed by atoms with Crippen molar-refractivity contribution in [3.05, 3.63) is 48.4 Å². The fourth-order valence-corrected chi connectivity index (χ4v) is 3.05. The van der Waals surface area contributed by atoms with Gasteiger partial charge in [0.15, 0.2) is 34.6 Å². The molecule has 0 unspecified atom stereocenters. The second kappa shape index (κ2) is 7.53. The Balaban J connectivity index is 1.36. The summed E-state index contributed by atoms with van der Waals surface area (Å²) in [5.74, 6) is -1.30. The van der Waals surface area contributed by atoms with Gasteiger partial charge < -0.3 is 29.6 Å². The molecular weight excluding hydrogens is 455 g/mol. The molecule has 0 radical (unpaired) electrons. The third kappa shape index (κ3) is 3.97. The third-order valence-electron chi connectivity index (χ3n) is 4.56. The van der Waals surface area contributed by atoms with Crippen LogP contribution < -0.4 is 29.6 Å². The van der Waals surface area contributed by atoms with Gasteiger partial charge in [0, 0.05) is 23.5 Å². The van der Waals surface area contributed by atoms with E-state index in [1.54, 1.807) is 18.2 Å². The number of anilines is 4. The molecule has 0 atom stereocenters. The Morgan fingerprint density at radius 1 is 0.758 bits per heavy atom. The summed E-state index contributed by atoms with van der Waals surface area (Å²) in [6.45, 7) is 0.840. The predicted octanol–water partition coefficient (Wildman–Crippen LogP) is 4.83. The number of hydrogen-bond donors (Lipinski definition) is 2. The van der Waals surface area contributed by atoms with Crippen molar-refractivity contribution in [1.29, 1.82) is 0 Å². The van der Waals surface area contributed by atoms with Crippen LogP contribution in [0.25, 0.3) is 0 Å². The second-order valence-electron chi connectivity index (χ2n) is 6.90. The Kier molecular flexibility index (Phi) is 4.76. The first-order chi connectivity index (χ1) is 15.7. The quantitative estimate of drug-likeness (QED) is 0.527. The summed E-state index contributed by atoms with van der Waals surface area (Å²) < 4.78 is 86.7. The van der Waals surface area contributed by atoms with Crippen molar-refractivity contribution in [2.45, 2.75) is 12.2 Å². The van der Waals surface area contributed by atoms with Crippen LogP contribution in [0.5, 0.6) is 23.0 Å². The minimum atomic E-state index is -4.88. The fourth-order valence-electron chi connectivity index (χ4n) is 3.05. The van der Waals surface area contributed by atoms with Crippen molar-refractivity contribution in [3.63, 3.8) is 0 Å². The highest BCUT2D eigenvalue weighted by atomic mass is 19.3. The van der Waals surface area contributed by atoms with E-state index in [1.165, 1.54) is 6.07 Å². The standard InChI is InChI=1S/C20H13F5N4O4/c21-12-9-26-18(28-11-1-3-13-15(7-11)31-6-5-30-13)29-17(12)27-10-2-4-14-16(8-10)33-20(24,25)19(22,23)32-14/h1-4,7-9H,5-6H2,(H2,26,27,28,29).